The Morgan fingerprint density at radius 2 is 2.10 bits per heavy atom. The van der Waals surface area contributed by atoms with Gasteiger partial charge in [-0.2, -0.15) is 0 Å². The minimum Gasteiger partial charge on any atom is -0.385 e. The number of nitrogens with zero attached hydrogens (tertiary/aromatic N) is 3. The first-order valence-corrected chi connectivity index (χ1v) is 10.5. The largest absolute Gasteiger partial charge is 0.385 e. The van der Waals surface area contributed by atoms with Gasteiger partial charge in [-0.15, -0.1) is 11.3 Å². The molecule has 0 saturated carbocycles. The second kappa shape index (κ2) is 10.2. The zero-order valence-corrected chi connectivity index (χ0v) is 17.6. The lowest BCUT2D eigenvalue weighted by atomic mass is 9.96. The van der Waals surface area contributed by atoms with E-state index in [1.165, 1.54) is 28.0 Å². The number of ether oxygens (including phenoxy) is 1. The fourth-order valence-corrected chi connectivity index (χ4v) is 3.69. The fraction of sp³-hybridized carbons (Fsp3) is 0.333. The monoisotopic (exact) mass is 430 g/mol. The molecule has 1 aromatic carbocycles. The summed E-state index contributed by atoms with van der Waals surface area (Å²) in [7, 11) is 1.68. The minimum atomic E-state index is -0.298. The molecule has 1 aliphatic rings. The fourth-order valence-electron chi connectivity index (χ4n) is 3.16. The number of aryl methyl sites for hydroxylation is 1. The Morgan fingerprint density at radius 1 is 1.37 bits per heavy atom. The van der Waals surface area contributed by atoms with Crippen LogP contribution < -0.4 is 10.9 Å². The second-order valence-electron chi connectivity index (χ2n) is 6.58. The van der Waals surface area contributed by atoms with Gasteiger partial charge in [-0.1, -0.05) is 12.1 Å². The summed E-state index contributed by atoms with van der Waals surface area (Å²) in [5.41, 5.74) is 3.91. The van der Waals surface area contributed by atoms with Crippen LogP contribution in [-0.2, 0) is 22.5 Å². The van der Waals surface area contributed by atoms with Crippen LogP contribution >= 0.6 is 11.3 Å². The van der Waals surface area contributed by atoms with E-state index in [1.54, 1.807) is 30.1 Å². The molecule has 0 unspecified atom stereocenters. The Labute approximate surface area is 177 Å². The highest BCUT2D eigenvalue weighted by atomic mass is 32.1. The van der Waals surface area contributed by atoms with Crippen LogP contribution in [0.5, 0.6) is 0 Å². The SMILES string of the molecule is CCOC.O=CCn1c(-c2cscn2)nc2c(c1=O)N[C@H](c1ccc(F)cc1)CC2. The average Bonchev–Trinajstić information content (AvgIpc) is 3.31. The number of fused-ring (bicyclic) bond motifs is 1. The normalized spacial score (nSPS) is 14.8. The van der Waals surface area contributed by atoms with Crippen molar-refractivity contribution < 1.29 is 13.9 Å². The molecule has 7 nitrogen and oxygen atoms in total. The average molecular weight is 431 g/mol. The molecule has 30 heavy (non-hydrogen) atoms. The lowest BCUT2D eigenvalue weighted by molar-refractivity contribution is -0.108. The predicted molar refractivity (Wildman–Crippen MR) is 114 cm³/mol. The minimum absolute atomic E-state index is 0.0884. The number of aromatic nitrogens is 3. The van der Waals surface area contributed by atoms with Crippen molar-refractivity contribution in [3.63, 3.8) is 0 Å². The molecule has 3 heterocycles. The van der Waals surface area contributed by atoms with E-state index in [0.717, 1.165) is 18.6 Å². The number of halogens is 1. The van der Waals surface area contributed by atoms with E-state index in [0.29, 0.717) is 35.6 Å². The van der Waals surface area contributed by atoms with Crippen LogP contribution in [0.25, 0.3) is 11.5 Å². The molecule has 9 heteroatoms. The quantitative estimate of drug-likeness (QED) is 0.624. The van der Waals surface area contributed by atoms with Crippen molar-refractivity contribution in [1.29, 1.82) is 0 Å². The van der Waals surface area contributed by atoms with Gasteiger partial charge in [0.25, 0.3) is 5.56 Å². The summed E-state index contributed by atoms with van der Waals surface area (Å²) in [5.74, 6) is 0.108. The maximum atomic E-state index is 13.2. The van der Waals surface area contributed by atoms with Gasteiger partial charge in [0, 0.05) is 19.1 Å². The van der Waals surface area contributed by atoms with E-state index in [9.17, 15) is 14.0 Å². The molecule has 1 aliphatic heterocycles. The number of methoxy groups -OCH3 is 1. The summed E-state index contributed by atoms with van der Waals surface area (Å²) in [4.78, 5) is 32.9. The lowest BCUT2D eigenvalue weighted by Crippen LogP contribution is -2.32. The molecule has 3 aromatic rings. The molecule has 0 fully saturated rings. The molecule has 1 atom stereocenters. The van der Waals surface area contributed by atoms with Gasteiger partial charge in [-0.05, 0) is 37.5 Å². The van der Waals surface area contributed by atoms with Crippen LogP contribution in [0.2, 0.25) is 0 Å². The number of rotatable bonds is 5. The lowest BCUT2D eigenvalue weighted by Gasteiger charge is -2.27. The van der Waals surface area contributed by atoms with Crippen molar-refractivity contribution in [2.45, 2.75) is 32.4 Å². The van der Waals surface area contributed by atoms with Crippen LogP contribution in [0.4, 0.5) is 10.1 Å². The number of nitrogens with one attached hydrogen (secondary N) is 1. The van der Waals surface area contributed by atoms with Crippen molar-refractivity contribution in [3.8, 4) is 11.5 Å². The number of carbonyl (C=O) groups excluding carboxylic acids is 1. The summed E-state index contributed by atoms with van der Waals surface area (Å²) in [6, 6.07) is 6.12. The molecule has 0 radical (unpaired) electrons. The second-order valence-corrected chi connectivity index (χ2v) is 7.30. The molecule has 0 spiro atoms. The summed E-state index contributed by atoms with van der Waals surface area (Å²) < 4.78 is 19.0. The first-order chi connectivity index (χ1) is 14.6. The molecule has 0 bridgehead atoms. The molecule has 0 aliphatic carbocycles. The smallest absolute Gasteiger partial charge is 0.277 e. The van der Waals surface area contributed by atoms with Crippen molar-refractivity contribution in [2.24, 2.45) is 0 Å². The van der Waals surface area contributed by atoms with Crippen LogP contribution in [0.3, 0.4) is 0 Å². The van der Waals surface area contributed by atoms with Crippen molar-refractivity contribution in [2.75, 3.05) is 19.0 Å². The van der Waals surface area contributed by atoms with Gasteiger partial charge in [-0.3, -0.25) is 9.36 Å². The molecular formula is C21H23FN4O3S. The Hall–Kier alpha value is -2.91. The third-order valence-corrected chi connectivity index (χ3v) is 5.30. The molecular weight excluding hydrogens is 407 g/mol. The Balaban J connectivity index is 0.000000589. The van der Waals surface area contributed by atoms with Gasteiger partial charge in [-0.25, -0.2) is 14.4 Å². The molecule has 1 N–H and O–H groups in total. The zero-order valence-electron chi connectivity index (χ0n) is 16.8. The van der Waals surface area contributed by atoms with E-state index in [1.807, 2.05) is 6.92 Å². The van der Waals surface area contributed by atoms with Gasteiger partial charge >= 0.3 is 0 Å². The number of hydrogen-bond acceptors (Lipinski definition) is 7. The first kappa shape index (κ1) is 21.8. The maximum Gasteiger partial charge on any atom is 0.277 e. The highest BCUT2D eigenvalue weighted by molar-refractivity contribution is 7.07. The number of hydrogen-bond donors (Lipinski definition) is 1. The number of aldehydes is 1. The van der Waals surface area contributed by atoms with Crippen LogP contribution in [0, 0.1) is 5.82 Å². The molecule has 4 rings (SSSR count). The molecule has 0 saturated heterocycles. The highest BCUT2D eigenvalue weighted by Gasteiger charge is 2.26. The molecule has 158 valence electrons. The Morgan fingerprint density at radius 3 is 2.70 bits per heavy atom. The summed E-state index contributed by atoms with van der Waals surface area (Å²) in [6.45, 7) is 2.69. The van der Waals surface area contributed by atoms with Crippen LogP contribution in [0.15, 0.2) is 40.0 Å². The van der Waals surface area contributed by atoms with Gasteiger partial charge < -0.3 is 14.8 Å². The van der Waals surface area contributed by atoms with Gasteiger partial charge in [0.1, 0.15) is 23.5 Å². The van der Waals surface area contributed by atoms with Gasteiger partial charge in [0.05, 0.1) is 23.8 Å². The van der Waals surface area contributed by atoms with E-state index in [-0.39, 0.29) is 24.0 Å². The van der Waals surface area contributed by atoms with Crippen molar-refractivity contribution in [1.82, 2.24) is 14.5 Å². The first-order valence-electron chi connectivity index (χ1n) is 9.55. The molecule has 2 aromatic heterocycles. The van der Waals surface area contributed by atoms with Crippen LogP contribution in [0.1, 0.15) is 30.6 Å². The topological polar surface area (TPSA) is 86.1 Å². The maximum absolute atomic E-state index is 13.2. The highest BCUT2D eigenvalue weighted by Crippen LogP contribution is 2.31. The molecule has 0 amide bonds. The van der Waals surface area contributed by atoms with Crippen molar-refractivity contribution >= 4 is 23.3 Å². The predicted octanol–water partition coefficient (Wildman–Crippen LogP) is 3.46. The zero-order chi connectivity index (χ0) is 21.5. The Kier molecular flexibility index (Phi) is 7.42. The third kappa shape index (κ3) is 4.80. The van der Waals surface area contributed by atoms with Gasteiger partial charge in [0.2, 0.25) is 0 Å². The van der Waals surface area contributed by atoms with Crippen molar-refractivity contribution in [3.05, 3.63) is 62.6 Å². The number of thiazole rings is 1. The van der Waals surface area contributed by atoms with E-state index in [2.05, 4.69) is 20.0 Å². The number of anilines is 1. The summed E-state index contributed by atoms with van der Waals surface area (Å²) in [6.07, 6.45) is 2.02. The Bertz CT molecular complexity index is 1030. The van der Waals surface area contributed by atoms with Gasteiger partial charge in [0.15, 0.2) is 5.82 Å². The number of benzene rings is 1. The standard InChI is InChI=1S/C18H15FN4O2S.C3H8O/c19-12-3-1-11(2-4-12)13-5-6-14-16(21-13)18(25)23(7-8-24)17(22-14)15-9-26-10-20-15;1-3-4-2/h1-4,8-10,13,21H,5-7H2;3H2,1-2H3/t13-;/m0./s1. The van der Waals surface area contributed by atoms with Crippen LogP contribution in [-0.4, -0.2) is 34.5 Å². The van der Waals surface area contributed by atoms with E-state index in [4.69, 9.17) is 0 Å². The third-order valence-electron chi connectivity index (χ3n) is 4.71. The van der Waals surface area contributed by atoms with E-state index < -0.39 is 0 Å². The number of carbonyl (C=O) groups is 1. The summed E-state index contributed by atoms with van der Waals surface area (Å²) >= 11 is 1.40. The summed E-state index contributed by atoms with van der Waals surface area (Å²) in [5, 5.41) is 5.02. The van der Waals surface area contributed by atoms with E-state index >= 15 is 0 Å².